The van der Waals surface area contributed by atoms with Crippen molar-refractivity contribution in [1.29, 1.82) is 0 Å². The zero-order valence-electron chi connectivity index (χ0n) is 10.8. The summed E-state index contributed by atoms with van der Waals surface area (Å²) in [5.74, 6) is 0.991. The summed E-state index contributed by atoms with van der Waals surface area (Å²) >= 11 is 2.85. The fourth-order valence-corrected chi connectivity index (χ4v) is 3.15. The van der Waals surface area contributed by atoms with Crippen LogP contribution in [0.25, 0.3) is 6.08 Å². The smallest absolute Gasteiger partial charge is 0.246 e. The van der Waals surface area contributed by atoms with E-state index in [1.165, 1.54) is 11.7 Å². The number of anilines is 1. The number of rotatable bonds is 3. The highest BCUT2D eigenvalue weighted by molar-refractivity contribution is 7.10. The Morgan fingerprint density at radius 3 is 2.80 bits per heavy atom. The van der Waals surface area contributed by atoms with Crippen molar-refractivity contribution in [3.05, 3.63) is 34.7 Å². The molecule has 0 N–H and O–H groups in total. The lowest BCUT2D eigenvalue weighted by Gasteiger charge is -2.34. The molecule has 0 aromatic carbocycles. The monoisotopic (exact) mass is 306 g/mol. The second-order valence-electron chi connectivity index (χ2n) is 4.43. The Morgan fingerprint density at radius 1 is 1.30 bits per heavy atom. The molecule has 1 aliphatic rings. The predicted molar refractivity (Wildman–Crippen MR) is 82.1 cm³/mol. The Labute approximate surface area is 125 Å². The third kappa shape index (κ3) is 3.05. The first kappa shape index (κ1) is 13.3. The second kappa shape index (κ2) is 6.15. The summed E-state index contributed by atoms with van der Waals surface area (Å²) in [4.78, 5) is 17.2. The fraction of sp³-hybridized carbons (Fsp3) is 0.308. The predicted octanol–water partition coefficient (Wildman–Crippen LogP) is 1.96. The SMILES string of the molecule is O=C(C=Cc1cccs1)N1CCN(c2cnsn2)CC1. The van der Waals surface area contributed by atoms with Gasteiger partial charge in [0.2, 0.25) is 5.91 Å². The van der Waals surface area contributed by atoms with E-state index >= 15 is 0 Å². The maximum Gasteiger partial charge on any atom is 0.246 e. The molecule has 2 aromatic heterocycles. The van der Waals surface area contributed by atoms with Gasteiger partial charge in [-0.25, -0.2) is 0 Å². The van der Waals surface area contributed by atoms with Gasteiger partial charge in [0, 0.05) is 37.1 Å². The van der Waals surface area contributed by atoms with Crippen LogP contribution in [0.15, 0.2) is 29.8 Å². The number of hydrogen-bond acceptors (Lipinski definition) is 6. The number of carbonyl (C=O) groups excluding carboxylic acids is 1. The first-order valence-corrected chi connectivity index (χ1v) is 7.97. The van der Waals surface area contributed by atoms with E-state index in [4.69, 9.17) is 0 Å². The van der Waals surface area contributed by atoms with Gasteiger partial charge in [0.1, 0.15) is 0 Å². The quantitative estimate of drug-likeness (QED) is 0.814. The third-order valence-electron chi connectivity index (χ3n) is 3.20. The molecule has 0 aliphatic carbocycles. The van der Waals surface area contributed by atoms with Gasteiger partial charge in [-0.05, 0) is 17.5 Å². The van der Waals surface area contributed by atoms with E-state index in [1.54, 1.807) is 23.6 Å². The van der Waals surface area contributed by atoms with Gasteiger partial charge in [-0.1, -0.05) is 6.07 Å². The first-order valence-electron chi connectivity index (χ1n) is 6.36. The van der Waals surface area contributed by atoms with Crippen LogP contribution < -0.4 is 4.90 Å². The zero-order chi connectivity index (χ0) is 13.8. The highest BCUT2D eigenvalue weighted by Crippen LogP contribution is 2.14. The topological polar surface area (TPSA) is 49.3 Å². The van der Waals surface area contributed by atoms with Crippen molar-refractivity contribution in [2.24, 2.45) is 0 Å². The normalized spacial score (nSPS) is 16.0. The lowest BCUT2D eigenvalue weighted by molar-refractivity contribution is -0.126. The molecular weight excluding hydrogens is 292 g/mol. The minimum atomic E-state index is 0.0782. The summed E-state index contributed by atoms with van der Waals surface area (Å²) in [6, 6.07) is 3.98. The number of nitrogens with zero attached hydrogens (tertiary/aromatic N) is 4. The molecule has 104 valence electrons. The number of aromatic nitrogens is 2. The molecule has 20 heavy (non-hydrogen) atoms. The van der Waals surface area contributed by atoms with Crippen molar-refractivity contribution in [3.8, 4) is 0 Å². The minimum absolute atomic E-state index is 0.0782. The Balaban J connectivity index is 1.54. The lowest BCUT2D eigenvalue weighted by atomic mass is 10.3. The number of piperazine rings is 1. The van der Waals surface area contributed by atoms with E-state index in [0.717, 1.165) is 36.9 Å². The van der Waals surface area contributed by atoms with Gasteiger partial charge < -0.3 is 9.80 Å². The van der Waals surface area contributed by atoms with Gasteiger partial charge >= 0.3 is 0 Å². The van der Waals surface area contributed by atoms with Crippen molar-refractivity contribution in [2.75, 3.05) is 31.1 Å². The Hall–Kier alpha value is -1.73. The lowest BCUT2D eigenvalue weighted by Crippen LogP contribution is -2.48. The largest absolute Gasteiger partial charge is 0.351 e. The summed E-state index contributed by atoms with van der Waals surface area (Å²) in [5.41, 5.74) is 0. The van der Waals surface area contributed by atoms with E-state index in [9.17, 15) is 4.79 Å². The molecule has 5 nitrogen and oxygen atoms in total. The van der Waals surface area contributed by atoms with E-state index in [-0.39, 0.29) is 5.91 Å². The molecule has 0 spiro atoms. The molecule has 3 rings (SSSR count). The highest BCUT2D eigenvalue weighted by Gasteiger charge is 2.20. The third-order valence-corrected chi connectivity index (χ3v) is 4.50. The number of hydrogen-bond donors (Lipinski definition) is 0. The molecule has 7 heteroatoms. The molecule has 0 atom stereocenters. The van der Waals surface area contributed by atoms with Crippen LogP contribution in [0.5, 0.6) is 0 Å². The van der Waals surface area contributed by atoms with E-state index in [1.807, 2.05) is 28.5 Å². The molecule has 1 fully saturated rings. The fourth-order valence-electron chi connectivity index (χ4n) is 2.10. The molecule has 1 saturated heterocycles. The van der Waals surface area contributed by atoms with Gasteiger partial charge in [0.25, 0.3) is 0 Å². The van der Waals surface area contributed by atoms with Crippen molar-refractivity contribution in [3.63, 3.8) is 0 Å². The standard InChI is InChI=1S/C13H14N4OS2/c18-13(4-3-11-2-1-9-19-11)17-7-5-16(6-8-17)12-10-14-20-15-12/h1-4,9-10H,5-8H2. The Bertz CT molecular complexity index is 572. The van der Waals surface area contributed by atoms with Crippen LogP contribution in [0.3, 0.4) is 0 Å². The maximum absolute atomic E-state index is 12.1. The molecular formula is C13H14N4OS2. The average Bonchev–Trinajstić information content (AvgIpc) is 3.18. The van der Waals surface area contributed by atoms with E-state index in [0.29, 0.717) is 0 Å². The molecule has 1 aliphatic heterocycles. The van der Waals surface area contributed by atoms with Crippen LogP contribution in [0.4, 0.5) is 5.82 Å². The number of thiophene rings is 1. The van der Waals surface area contributed by atoms with Crippen LogP contribution >= 0.6 is 23.1 Å². The molecule has 1 amide bonds. The van der Waals surface area contributed by atoms with E-state index in [2.05, 4.69) is 13.6 Å². The maximum atomic E-state index is 12.1. The van der Waals surface area contributed by atoms with Crippen LogP contribution in [0.1, 0.15) is 4.88 Å². The zero-order valence-corrected chi connectivity index (χ0v) is 12.4. The second-order valence-corrected chi connectivity index (χ2v) is 5.96. The molecule has 0 unspecified atom stereocenters. The van der Waals surface area contributed by atoms with Crippen LogP contribution in [0, 0.1) is 0 Å². The molecule has 3 heterocycles. The van der Waals surface area contributed by atoms with Crippen molar-refractivity contribution >= 4 is 40.9 Å². The first-order chi connectivity index (χ1) is 9.83. The van der Waals surface area contributed by atoms with E-state index < -0.39 is 0 Å². The average molecular weight is 306 g/mol. The van der Waals surface area contributed by atoms with Crippen molar-refractivity contribution in [2.45, 2.75) is 0 Å². The van der Waals surface area contributed by atoms with Gasteiger partial charge in [-0.15, -0.1) is 11.3 Å². The van der Waals surface area contributed by atoms with Gasteiger partial charge in [-0.2, -0.15) is 8.75 Å². The van der Waals surface area contributed by atoms with Gasteiger partial charge in [0.05, 0.1) is 17.9 Å². The Kier molecular flexibility index (Phi) is 4.08. The van der Waals surface area contributed by atoms with Crippen molar-refractivity contribution < 1.29 is 4.79 Å². The summed E-state index contributed by atoms with van der Waals surface area (Å²) < 4.78 is 8.23. The highest BCUT2D eigenvalue weighted by atomic mass is 32.1. The summed E-state index contributed by atoms with van der Waals surface area (Å²) in [6.07, 6.45) is 5.31. The van der Waals surface area contributed by atoms with Crippen LogP contribution in [-0.4, -0.2) is 45.7 Å². The summed E-state index contributed by atoms with van der Waals surface area (Å²) in [5, 5.41) is 2.00. The minimum Gasteiger partial charge on any atom is -0.351 e. The Morgan fingerprint density at radius 2 is 2.15 bits per heavy atom. The number of carbonyl (C=O) groups is 1. The summed E-state index contributed by atoms with van der Waals surface area (Å²) in [6.45, 7) is 3.07. The molecule has 0 bridgehead atoms. The molecule has 0 saturated carbocycles. The van der Waals surface area contributed by atoms with Crippen molar-refractivity contribution in [1.82, 2.24) is 13.6 Å². The number of amides is 1. The molecule has 0 radical (unpaired) electrons. The van der Waals surface area contributed by atoms with Crippen LogP contribution in [-0.2, 0) is 4.79 Å². The van der Waals surface area contributed by atoms with Gasteiger partial charge in [-0.3, -0.25) is 4.79 Å². The van der Waals surface area contributed by atoms with Crippen LogP contribution in [0.2, 0.25) is 0 Å². The summed E-state index contributed by atoms with van der Waals surface area (Å²) in [7, 11) is 0. The molecule has 2 aromatic rings. The van der Waals surface area contributed by atoms with Gasteiger partial charge in [0.15, 0.2) is 5.82 Å².